The summed E-state index contributed by atoms with van der Waals surface area (Å²) in [6, 6.07) is 0.183. The van der Waals surface area contributed by atoms with Crippen LogP contribution in [0.5, 0.6) is 0 Å². The number of nitrogens with one attached hydrogen (secondary N) is 2. The van der Waals surface area contributed by atoms with Crippen LogP contribution in [0.1, 0.15) is 30.1 Å². The number of rotatable bonds is 5. The molecule has 2 aromatic rings. The summed E-state index contributed by atoms with van der Waals surface area (Å²) >= 11 is 0. The zero-order chi connectivity index (χ0) is 18.7. The summed E-state index contributed by atoms with van der Waals surface area (Å²) in [7, 11) is 1.53. The molecule has 0 radical (unpaired) electrons. The number of alkyl halides is 3. The summed E-state index contributed by atoms with van der Waals surface area (Å²) in [5, 5.41) is 10.1. The van der Waals surface area contributed by atoms with Crippen LogP contribution in [0.25, 0.3) is 0 Å². The SMILES string of the molecule is CNc1nc(Nc2cnn(C3CCCOC3)c2C)ncc1CC(F)(F)F. The predicted molar refractivity (Wildman–Crippen MR) is 90.7 cm³/mol. The number of nitrogens with zero attached hydrogens (tertiary/aromatic N) is 4. The minimum atomic E-state index is -4.32. The van der Waals surface area contributed by atoms with Crippen molar-refractivity contribution < 1.29 is 17.9 Å². The molecule has 1 unspecified atom stereocenters. The summed E-state index contributed by atoms with van der Waals surface area (Å²) in [6.45, 7) is 3.31. The molecule has 7 nitrogen and oxygen atoms in total. The van der Waals surface area contributed by atoms with Crippen molar-refractivity contribution in [2.24, 2.45) is 0 Å². The molecular formula is C16H21F3N6O. The van der Waals surface area contributed by atoms with Gasteiger partial charge in [-0.2, -0.15) is 23.3 Å². The van der Waals surface area contributed by atoms with Gasteiger partial charge in [-0.1, -0.05) is 0 Å². The van der Waals surface area contributed by atoms with E-state index >= 15 is 0 Å². The molecule has 3 heterocycles. The van der Waals surface area contributed by atoms with Crippen molar-refractivity contribution in [1.29, 1.82) is 0 Å². The van der Waals surface area contributed by atoms with Crippen LogP contribution in [0.3, 0.4) is 0 Å². The average molecular weight is 370 g/mol. The van der Waals surface area contributed by atoms with E-state index in [4.69, 9.17) is 4.74 Å². The molecule has 1 fully saturated rings. The van der Waals surface area contributed by atoms with Gasteiger partial charge in [-0.3, -0.25) is 4.68 Å². The quantitative estimate of drug-likeness (QED) is 0.842. The van der Waals surface area contributed by atoms with Gasteiger partial charge in [-0.25, -0.2) is 4.98 Å². The lowest BCUT2D eigenvalue weighted by Gasteiger charge is -2.23. The maximum Gasteiger partial charge on any atom is 0.393 e. The minimum absolute atomic E-state index is 0.00248. The summed E-state index contributed by atoms with van der Waals surface area (Å²) in [6.07, 6.45) is -0.568. The van der Waals surface area contributed by atoms with Gasteiger partial charge >= 0.3 is 6.18 Å². The molecule has 0 bridgehead atoms. The molecular weight excluding hydrogens is 349 g/mol. The molecule has 0 amide bonds. The van der Waals surface area contributed by atoms with Gasteiger partial charge in [0.15, 0.2) is 0 Å². The van der Waals surface area contributed by atoms with Gasteiger partial charge in [-0.05, 0) is 19.8 Å². The highest BCUT2D eigenvalue weighted by atomic mass is 19.4. The van der Waals surface area contributed by atoms with Gasteiger partial charge in [0.25, 0.3) is 0 Å². The van der Waals surface area contributed by atoms with E-state index < -0.39 is 12.6 Å². The molecule has 1 aliphatic heterocycles. The predicted octanol–water partition coefficient (Wildman–Crippen LogP) is 3.22. The third-order valence-corrected chi connectivity index (χ3v) is 4.27. The Morgan fingerprint density at radius 1 is 1.35 bits per heavy atom. The molecule has 0 aliphatic carbocycles. The Bertz CT molecular complexity index is 755. The van der Waals surface area contributed by atoms with Crippen LogP contribution in [0, 0.1) is 6.92 Å². The average Bonchev–Trinajstić information content (AvgIpc) is 2.96. The second kappa shape index (κ2) is 7.48. The largest absolute Gasteiger partial charge is 0.393 e. The fourth-order valence-electron chi connectivity index (χ4n) is 2.98. The van der Waals surface area contributed by atoms with Crippen molar-refractivity contribution in [3.63, 3.8) is 0 Å². The molecule has 0 saturated carbocycles. The molecule has 142 valence electrons. The van der Waals surface area contributed by atoms with E-state index in [-0.39, 0.29) is 23.4 Å². The lowest BCUT2D eigenvalue weighted by Crippen LogP contribution is -2.23. The first-order valence-corrected chi connectivity index (χ1v) is 8.36. The van der Waals surface area contributed by atoms with Crippen LogP contribution in [0.2, 0.25) is 0 Å². The molecule has 1 atom stereocenters. The highest BCUT2D eigenvalue weighted by molar-refractivity contribution is 5.57. The van der Waals surface area contributed by atoms with Crippen molar-refractivity contribution in [3.05, 3.63) is 23.7 Å². The van der Waals surface area contributed by atoms with Crippen LogP contribution in [0.4, 0.5) is 30.6 Å². The number of aromatic nitrogens is 4. The summed E-state index contributed by atoms with van der Waals surface area (Å²) in [5.41, 5.74) is 1.60. The standard InChI is InChI=1S/C16H21F3N6O/c1-10-13(8-22-25(10)12-4-3-5-26-9-12)23-15-21-7-11(6-16(17,18)19)14(20-2)24-15/h7-8,12H,3-6,9H2,1-2H3,(H2,20,21,23,24). The molecule has 2 N–H and O–H groups in total. The highest BCUT2D eigenvalue weighted by Gasteiger charge is 2.29. The fourth-order valence-corrected chi connectivity index (χ4v) is 2.98. The monoisotopic (exact) mass is 370 g/mol. The molecule has 10 heteroatoms. The Hall–Kier alpha value is -2.36. The topological polar surface area (TPSA) is 76.9 Å². The second-order valence-electron chi connectivity index (χ2n) is 6.19. The number of anilines is 3. The van der Waals surface area contributed by atoms with Crippen molar-refractivity contribution in [3.8, 4) is 0 Å². The van der Waals surface area contributed by atoms with Gasteiger partial charge in [0.1, 0.15) is 5.82 Å². The lowest BCUT2D eigenvalue weighted by atomic mass is 10.1. The minimum Gasteiger partial charge on any atom is -0.379 e. The summed E-state index contributed by atoms with van der Waals surface area (Å²) in [5.74, 6) is 0.355. The summed E-state index contributed by atoms with van der Waals surface area (Å²) in [4.78, 5) is 8.14. The molecule has 1 saturated heterocycles. The Morgan fingerprint density at radius 3 is 2.81 bits per heavy atom. The van der Waals surface area contributed by atoms with Crippen LogP contribution in [-0.2, 0) is 11.2 Å². The van der Waals surface area contributed by atoms with E-state index in [1.807, 2.05) is 11.6 Å². The smallest absolute Gasteiger partial charge is 0.379 e. The molecule has 0 spiro atoms. The lowest BCUT2D eigenvalue weighted by molar-refractivity contribution is -0.127. The van der Waals surface area contributed by atoms with Gasteiger partial charge in [0.05, 0.1) is 36.6 Å². The van der Waals surface area contributed by atoms with E-state index in [0.717, 1.165) is 25.1 Å². The van der Waals surface area contributed by atoms with Crippen LogP contribution in [0.15, 0.2) is 12.4 Å². The van der Waals surface area contributed by atoms with Crippen molar-refractivity contribution >= 4 is 17.5 Å². The van der Waals surface area contributed by atoms with Crippen LogP contribution >= 0.6 is 0 Å². The molecule has 26 heavy (non-hydrogen) atoms. The van der Waals surface area contributed by atoms with E-state index in [1.54, 1.807) is 6.20 Å². The van der Waals surface area contributed by atoms with Crippen molar-refractivity contribution in [2.75, 3.05) is 30.9 Å². The van der Waals surface area contributed by atoms with E-state index in [9.17, 15) is 13.2 Å². The molecule has 1 aliphatic rings. The van der Waals surface area contributed by atoms with Crippen molar-refractivity contribution in [1.82, 2.24) is 19.7 Å². The van der Waals surface area contributed by atoms with E-state index in [2.05, 4.69) is 25.7 Å². The Morgan fingerprint density at radius 2 is 2.15 bits per heavy atom. The Balaban J connectivity index is 1.77. The maximum absolute atomic E-state index is 12.6. The van der Waals surface area contributed by atoms with Gasteiger partial charge in [-0.15, -0.1) is 0 Å². The Labute approximate surface area is 149 Å². The first-order chi connectivity index (χ1) is 12.4. The normalized spacial score (nSPS) is 18.0. The van der Waals surface area contributed by atoms with Crippen LogP contribution < -0.4 is 10.6 Å². The van der Waals surface area contributed by atoms with Gasteiger partial charge in [0, 0.05) is 25.4 Å². The number of ether oxygens (including phenoxy) is 1. The highest BCUT2D eigenvalue weighted by Crippen LogP contribution is 2.28. The zero-order valence-electron chi connectivity index (χ0n) is 14.6. The van der Waals surface area contributed by atoms with E-state index in [0.29, 0.717) is 12.3 Å². The molecule has 2 aromatic heterocycles. The van der Waals surface area contributed by atoms with Gasteiger partial charge in [0.2, 0.25) is 5.95 Å². The fraction of sp³-hybridized carbons (Fsp3) is 0.562. The molecule has 3 rings (SSSR count). The Kier molecular flexibility index (Phi) is 5.30. The second-order valence-corrected chi connectivity index (χ2v) is 6.19. The third-order valence-electron chi connectivity index (χ3n) is 4.27. The summed E-state index contributed by atoms with van der Waals surface area (Å²) < 4.78 is 45.2. The first-order valence-electron chi connectivity index (χ1n) is 8.36. The third kappa shape index (κ3) is 4.24. The number of hydrogen-bond donors (Lipinski definition) is 2. The van der Waals surface area contributed by atoms with Crippen LogP contribution in [-0.4, -0.2) is 46.2 Å². The zero-order valence-corrected chi connectivity index (χ0v) is 14.6. The molecule has 0 aromatic carbocycles. The van der Waals surface area contributed by atoms with Crippen molar-refractivity contribution in [2.45, 2.75) is 38.4 Å². The van der Waals surface area contributed by atoms with E-state index in [1.165, 1.54) is 13.2 Å². The number of halogens is 3. The first kappa shape index (κ1) is 18.4. The van der Waals surface area contributed by atoms with Gasteiger partial charge < -0.3 is 15.4 Å². The maximum atomic E-state index is 12.6. The number of hydrogen-bond acceptors (Lipinski definition) is 6.